The number of hydrogen-bond acceptors (Lipinski definition) is 11. The fourth-order valence-corrected chi connectivity index (χ4v) is 6.43. The molecule has 1 aromatic rings. The smallest absolute Gasteiger partial charge is 0.255 e. The van der Waals surface area contributed by atoms with Crippen molar-refractivity contribution < 1.29 is 39.6 Å². The Hall–Kier alpha value is -4.38. The van der Waals surface area contributed by atoms with Gasteiger partial charge in [0, 0.05) is 31.3 Å². The van der Waals surface area contributed by atoms with Crippen LogP contribution < -0.4 is 16.0 Å². The Balaban J connectivity index is 1.90. The van der Waals surface area contributed by atoms with E-state index in [1.165, 1.54) is 19.0 Å². The highest BCUT2D eigenvalue weighted by Gasteiger charge is 2.64. The Morgan fingerprint density at radius 1 is 1.17 bits per heavy atom. The molecular formula is C29H35N5O8. The van der Waals surface area contributed by atoms with Gasteiger partial charge < -0.3 is 36.4 Å². The molecule has 1 fully saturated rings. The molecule has 0 bridgehead atoms. The van der Waals surface area contributed by atoms with E-state index in [4.69, 9.17) is 12.2 Å². The van der Waals surface area contributed by atoms with Crippen LogP contribution in [0.5, 0.6) is 5.75 Å². The summed E-state index contributed by atoms with van der Waals surface area (Å²) in [6.45, 7) is 0.130. The number of Topliss-reactive ketones (excluding diaryl/α,β-unsaturated/α-hetero) is 2. The molecule has 0 heterocycles. The Kier molecular flexibility index (Phi) is 7.86. The van der Waals surface area contributed by atoms with Gasteiger partial charge in [-0.05, 0) is 51.5 Å². The van der Waals surface area contributed by atoms with Gasteiger partial charge >= 0.3 is 0 Å². The van der Waals surface area contributed by atoms with Crippen LogP contribution >= 0.6 is 0 Å². The first-order valence-corrected chi connectivity index (χ1v) is 13.2. The number of primary amides is 1. The van der Waals surface area contributed by atoms with Gasteiger partial charge in [0.1, 0.15) is 22.8 Å². The first-order valence-electron chi connectivity index (χ1n) is 13.2. The number of fused-ring (bicyclic) bond motifs is 3. The third-order valence-electron chi connectivity index (χ3n) is 8.23. The van der Waals surface area contributed by atoms with Gasteiger partial charge in [-0.15, -0.1) is 6.42 Å². The van der Waals surface area contributed by atoms with Crippen LogP contribution in [-0.2, 0) is 25.6 Å². The maximum absolute atomic E-state index is 14.0. The van der Waals surface area contributed by atoms with Crippen LogP contribution in [0.25, 0.3) is 5.76 Å². The van der Waals surface area contributed by atoms with E-state index in [2.05, 4.69) is 11.2 Å². The molecule has 224 valence electrons. The number of phenolic OH excluding ortho intramolecular Hbond substituents is 1. The second-order valence-electron chi connectivity index (χ2n) is 11.4. The van der Waals surface area contributed by atoms with E-state index < -0.39 is 69.7 Å². The van der Waals surface area contributed by atoms with E-state index in [0.717, 1.165) is 0 Å². The Morgan fingerprint density at radius 2 is 1.81 bits per heavy atom. The van der Waals surface area contributed by atoms with E-state index in [1.807, 2.05) is 0 Å². The van der Waals surface area contributed by atoms with E-state index in [-0.39, 0.29) is 42.8 Å². The number of carbonyl (C=O) groups is 4. The van der Waals surface area contributed by atoms with E-state index in [9.17, 15) is 39.6 Å². The lowest BCUT2D eigenvalue weighted by molar-refractivity contribution is -0.153. The minimum absolute atomic E-state index is 0.0284. The molecule has 13 nitrogen and oxygen atoms in total. The Bertz CT molecular complexity index is 1500. The Morgan fingerprint density at radius 3 is 2.36 bits per heavy atom. The van der Waals surface area contributed by atoms with Crippen molar-refractivity contribution in [3.05, 3.63) is 34.1 Å². The number of carbonyl (C=O) groups excluding carboxylic acids is 4. The monoisotopic (exact) mass is 581 g/mol. The van der Waals surface area contributed by atoms with Crippen molar-refractivity contribution in [3.8, 4) is 18.1 Å². The number of anilines is 2. The zero-order valence-corrected chi connectivity index (χ0v) is 24.1. The molecule has 4 atom stereocenters. The number of phenols is 1. The lowest BCUT2D eigenvalue weighted by Gasteiger charge is -2.50. The quantitative estimate of drug-likeness (QED) is 0.138. The number of aliphatic hydroxyl groups excluding tert-OH is 2. The molecular weight excluding hydrogens is 546 g/mol. The van der Waals surface area contributed by atoms with Crippen LogP contribution in [0.3, 0.4) is 0 Å². The lowest BCUT2D eigenvalue weighted by Crippen LogP contribution is -2.65. The minimum atomic E-state index is -2.74. The van der Waals surface area contributed by atoms with Gasteiger partial charge in [-0.25, -0.2) is 0 Å². The van der Waals surface area contributed by atoms with Gasteiger partial charge in [-0.3, -0.25) is 29.0 Å². The number of nitrogens with zero attached hydrogens (tertiary/aromatic N) is 3. The summed E-state index contributed by atoms with van der Waals surface area (Å²) < 4.78 is 0. The van der Waals surface area contributed by atoms with Crippen molar-refractivity contribution in [2.45, 2.75) is 24.5 Å². The molecule has 0 saturated heterocycles. The normalized spacial score (nSPS) is 25.2. The van der Waals surface area contributed by atoms with Crippen molar-refractivity contribution in [2.75, 3.05) is 58.5 Å². The summed E-state index contributed by atoms with van der Waals surface area (Å²) in [5.74, 6) is -5.50. The second-order valence-corrected chi connectivity index (χ2v) is 11.4. The SMILES string of the molecule is C#CCN(C)CC(=O)Nc1cc(N(C)C)c2c(c1O)C(O)=C1C(=O)[C@]3(O)C(O)=C(C(N)=O)C(=O)[C@@H](N(C)C)C3CC1C2. The predicted octanol–water partition coefficient (Wildman–Crippen LogP) is -0.466. The number of benzene rings is 1. The van der Waals surface area contributed by atoms with Crippen LogP contribution in [0.4, 0.5) is 11.4 Å². The highest BCUT2D eigenvalue weighted by Crippen LogP contribution is 2.54. The zero-order valence-electron chi connectivity index (χ0n) is 24.1. The molecule has 7 N–H and O–H groups in total. The summed E-state index contributed by atoms with van der Waals surface area (Å²) in [5.41, 5.74) is 2.33. The van der Waals surface area contributed by atoms with Gasteiger partial charge in [0.15, 0.2) is 11.4 Å². The number of terminal acetylenes is 1. The van der Waals surface area contributed by atoms with Crippen LogP contribution in [0.1, 0.15) is 17.5 Å². The van der Waals surface area contributed by atoms with Crippen molar-refractivity contribution >= 4 is 40.5 Å². The maximum atomic E-state index is 14.0. The van der Waals surface area contributed by atoms with Gasteiger partial charge in [0.25, 0.3) is 5.91 Å². The molecule has 3 aliphatic rings. The lowest BCUT2D eigenvalue weighted by atomic mass is 9.57. The number of aliphatic hydroxyl groups is 3. The topological polar surface area (TPSA) is 197 Å². The fourth-order valence-electron chi connectivity index (χ4n) is 6.43. The molecule has 42 heavy (non-hydrogen) atoms. The molecule has 1 aromatic carbocycles. The van der Waals surface area contributed by atoms with Gasteiger partial charge in [-0.1, -0.05) is 5.92 Å². The molecule has 0 aromatic heterocycles. The summed E-state index contributed by atoms with van der Waals surface area (Å²) in [4.78, 5) is 56.8. The molecule has 3 aliphatic carbocycles. The Labute approximate surface area is 242 Å². The zero-order chi connectivity index (χ0) is 31.4. The number of nitrogens with two attached hydrogens (primary N) is 1. The largest absolute Gasteiger partial charge is 0.508 e. The number of nitrogens with one attached hydrogen (secondary N) is 1. The fraction of sp³-hybridized carbons (Fsp3) is 0.448. The summed E-state index contributed by atoms with van der Waals surface area (Å²) in [6, 6.07) is 0.377. The van der Waals surface area contributed by atoms with Gasteiger partial charge in [-0.2, -0.15) is 0 Å². The molecule has 2 unspecified atom stereocenters. The summed E-state index contributed by atoms with van der Waals surface area (Å²) in [7, 11) is 8.19. The first kappa shape index (κ1) is 30.6. The highest BCUT2D eigenvalue weighted by atomic mass is 16.3. The third-order valence-corrected chi connectivity index (χ3v) is 8.23. The summed E-state index contributed by atoms with van der Waals surface area (Å²) >= 11 is 0. The van der Waals surface area contributed by atoms with Crippen LogP contribution in [0, 0.1) is 24.2 Å². The number of hydrogen-bond donors (Lipinski definition) is 6. The number of aromatic hydroxyl groups is 1. The molecule has 0 spiro atoms. The van der Waals surface area contributed by atoms with E-state index in [1.54, 1.807) is 37.0 Å². The summed E-state index contributed by atoms with van der Waals surface area (Å²) in [5, 5.41) is 48.2. The van der Waals surface area contributed by atoms with Crippen LogP contribution in [-0.4, -0.2) is 114 Å². The van der Waals surface area contributed by atoms with Crippen LogP contribution in [0.2, 0.25) is 0 Å². The van der Waals surface area contributed by atoms with Crippen molar-refractivity contribution in [3.63, 3.8) is 0 Å². The van der Waals surface area contributed by atoms with Crippen LogP contribution in [0.15, 0.2) is 23.0 Å². The average molecular weight is 582 g/mol. The molecule has 2 amide bonds. The maximum Gasteiger partial charge on any atom is 0.255 e. The van der Waals surface area contributed by atoms with Gasteiger partial charge in [0.2, 0.25) is 11.7 Å². The summed E-state index contributed by atoms with van der Waals surface area (Å²) in [6.07, 6.45) is 5.39. The number of rotatable bonds is 7. The number of amides is 2. The second kappa shape index (κ2) is 10.8. The van der Waals surface area contributed by atoms with Crippen molar-refractivity contribution in [1.82, 2.24) is 9.80 Å². The highest BCUT2D eigenvalue weighted by molar-refractivity contribution is 6.24. The molecule has 0 aliphatic heterocycles. The first-order chi connectivity index (χ1) is 19.6. The minimum Gasteiger partial charge on any atom is -0.508 e. The van der Waals surface area contributed by atoms with E-state index >= 15 is 0 Å². The van der Waals surface area contributed by atoms with Gasteiger partial charge in [0.05, 0.1) is 30.4 Å². The predicted molar refractivity (Wildman–Crippen MR) is 154 cm³/mol. The standard InChI is InChI=1S/C29H35N5O8/c1-7-8-34(6)12-18(35)31-16-11-17(32(2)3)14-9-13-10-15-22(33(4)5)25(38)21(28(30)41)27(40)29(15,42)26(39)19(13)24(37)20(14)23(16)36/h1,11,13,15,22,36-37,40,42H,8-10,12H2,2-6H3,(H2,30,41)(H,31,35)/t13?,15?,22-,29-/m0/s1. The number of likely N-dealkylation sites (N-methyl/N-ethyl adjacent to an activating group) is 2. The molecule has 4 rings (SSSR count). The molecule has 0 radical (unpaired) electrons. The average Bonchev–Trinajstić information content (AvgIpc) is 2.87. The number of ketones is 2. The molecule has 1 saturated carbocycles. The third kappa shape index (κ3) is 4.57. The van der Waals surface area contributed by atoms with E-state index in [0.29, 0.717) is 11.3 Å². The van der Waals surface area contributed by atoms with Crippen molar-refractivity contribution in [1.29, 1.82) is 0 Å². The van der Waals surface area contributed by atoms with Crippen molar-refractivity contribution in [2.24, 2.45) is 17.6 Å². The molecule has 13 heteroatoms.